The van der Waals surface area contributed by atoms with E-state index in [1.54, 1.807) is 18.7 Å². The molecule has 0 amide bonds. The minimum atomic E-state index is 0.500. The zero-order chi connectivity index (χ0) is 23.8. The van der Waals surface area contributed by atoms with E-state index < -0.39 is 0 Å². The standard InChI is InChI=1S/C25H30N4O5S/c1-30-18-10-21(33-15-16-4-3-7-28(13-16)17-5-8-32-9-6-17)19-12-23(34-22(19)11-18)20-14-29-24(26-20)35-25(27-29)31-2/h10-12,14,16-17H,3-9,13,15H2,1-2H3. The summed E-state index contributed by atoms with van der Waals surface area (Å²) in [5.74, 6) is 2.65. The molecular weight excluding hydrogens is 468 g/mol. The predicted molar refractivity (Wildman–Crippen MR) is 133 cm³/mol. The van der Waals surface area contributed by atoms with E-state index in [1.807, 2.05) is 24.4 Å². The van der Waals surface area contributed by atoms with Gasteiger partial charge in [0, 0.05) is 43.9 Å². The first-order valence-electron chi connectivity index (χ1n) is 12.2. The van der Waals surface area contributed by atoms with Crippen molar-refractivity contribution in [1.29, 1.82) is 0 Å². The first-order valence-corrected chi connectivity index (χ1v) is 13.0. The number of hydrogen-bond acceptors (Lipinski definition) is 9. The van der Waals surface area contributed by atoms with E-state index in [-0.39, 0.29) is 0 Å². The Morgan fingerprint density at radius 3 is 2.80 bits per heavy atom. The summed E-state index contributed by atoms with van der Waals surface area (Å²) in [5, 5.41) is 5.84. The highest BCUT2D eigenvalue weighted by Crippen LogP contribution is 2.38. The molecule has 35 heavy (non-hydrogen) atoms. The molecule has 0 saturated carbocycles. The smallest absolute Gasteiger partial charge is 0.294 e. The molecule has 0 N–H and O–H groups in total. The normalized spacial score (nSPS) is 20.0. The number of ether oxygens (including phenoxy) is 4. The van der Waals surface area contributed by atoms with Crippen molar-refractivity contribution in [2.45, 2.75) is 31.7 Å². The van der Waals surface area contributed by atoms with Gasteiger partial charge in [-0.1, -0.05) is 0 Å². The fourth-order valence-electron chi connectivity index (χ4n) is 5.15. The van der Waals surface area contributed by atoms with Crippen molar-refractivity contribution in [3.63, 3.8) is 0 Å². The lowest BCUT2D eigenvalue weighted by atomic mass is 9.95. The second-order valence-corrected chi connectivity index (χ2v) is 10.1. The molecule has 2 saturated heterocycles. The molecule has 0 aliphatic carbocycles. The second-order valence-electron chi connectivity index (χ2n) is 9.23. The third-order valence-corrected chi connectivity index (χ3v) is 7.88. The summed E-state index contributed by atoms with van der Waals surface area (Å²) in [4.78, 5) is 8.04. The average Bonchev–Trinajstić information content (AvgIpc) is 3.60. The van der Waals surface area contributed by atoms with Crippen molar-refractivity contribution in [3.8, 4) is 28.1 Å². The summed E-state index contributed by atoms with van der Waals surface area (Å²) in [7, 11) is 3.26. The highest BCUT2D eigenvalue weighted by atomic mass is 32.1. The van der Waals surface area contributed by atoms with Crippen LogP contribution in [-0.2, 0) is 4.74 Å². The summed E-state index contributed by atoms with van der Waals surface area (Å²) in [6, 6.07) is 6.46. The SMILES string of the molecule is COc1cc(OCC2CCCN(C3CCOCC3)C2)c2cc(-c3cn4nc(OC)sc4n3)oc2c1. The average molecular weight is 499 g/mol. The van der Waals surface area contributed by atoms with Crippen molar-refractivity contribution >= 4 is 27.3 Å². The number of methoxy groups -OCH3 is 2. The Kier molecular flexibility index (Phi) is 6.26. The maximum Gasteiger partial charge on any atom is 0.294 e. The van der Waals surface area contributed by atoms with E-state index in [2.05, 4.69) is 15.0 Å². The lowest BCUT2D eigenvalue weighted by Gasteiger charge is -2.39. The summed E-state index contributed by atoms with van der Waals surface area (Å²) in [6.45, 7) is 4.69. The Morgan fingerprint density at radius 2 is 2.00 bits per heavy atom. The fraction of sp³-hybridized carbons (Fsp3) is 0.520. The summed E-state index contributed by atoms with van der Waals surface area (Å²) in [5.41, 5.74) is 1.43. The maximum absolute atomic E-state index is 6.42. The number of nitrogens with zero attached hydrogens (tertiary/aromatic N) is 4. The first-order chi connectivity index (χ1) is 17.2. The van der Waals surface area contributed by atoms with Gasteiger partial charge in [-0.05, 0) is 49.6 Å². The van der Waals surface area contributed by atoms with Gasteiger partial charge in [-0.25, -0.2) is 9.50 Å². The number of benzene rings is 1. The number of fused-ring (bicyclic) bond motifs is 2. The highest BCUT2D eigenvalue weighted by Gasteiger charge is 2.28. The Morgan fingerprint density at radius 1 is 1.11 bits per heavy atom. The Bertz CT molecular complexity index is 1280. The molecule has 9 nitrogen and oxygen atoms in total. The fourth-order valence-corrected chi connectivity index (χ4v) is 5.85. The van der Waals surface area contributed by atoms with Crippen molar-refractivity contribution in [1.82, 2.24) is 19.5 Å². The molecule has 4 aromatic rings. The zero-order valence-electron chi connectivity index (χ0n) is 20.1. The second kappa shape index (κ2) is 9.67. The quantitative estimate of drug-likeness (QED) is 0.369. The van der Waals surface area contributed by atoms with Gasteiger partial charge in [0.25, 0.3) is 5.19 Å². The van der Waals surface area contributed by atoms with Crippen LogP contribution in [0.5, 0.6) is 16.7 Å². The van der Waals surface area contributed by atoms with Crippen molar-refractivity contribution in [2.24, 2.45) is 5.92 Å². The van der Waals surface area contributed by atoms with Crippen LogP contribution in [0.3, 0.4) is 0 Å². The molecule has 1 atom stereocenters. The molecule has 1 aromatic carbocycles. The van der Waals surface area contributed by atoms with Crippen LogP contribution in [0.25, 0.3) is 27.4 Å². The molecule has 6 rings (SSSR count). The Hall–Kier alpha value is -2.82. The van der Waals surface area contributed by atoms with Gasteiger partial charge >= 0.3 is 0 Å². The third kappa shape index (κ3) is 4.57. The van der Waals surface area contributed by atoms with E-state index in [0.717, 1.165) is 48.7 Å². The van der Waals surface area contributed by atoms with Gasteiger partial charge in [0.1, 0.15) is 22.8 Å². The topological polar surface area (TPSA) is 83.5 Å². The van der Waals surface area contributed by atoms with Crippen LogP contribution in [0.1, 0.15) is 25.7 Å². The highest BCUT2D eigenvalue weighted by molar-refractivity contribution is 7.18. The summed E-state index contributed by atoms with van der Waals surface area (Å²) in [6.07, 6.45) is 6.51. The number of imidazole rings is 1. The van der Waals surface area contributed by atoms with Gasteiger partial charge in [0.2, 0.25) is 4.96 Å². The summed E-state index contributed by atoms with van der Waals surface area (Å²) < 4.78 is 30.6. The van der Waals surface area contributed by atoms with Crippen LogP contribution in [0.15, 0.2) is 28.8 Å². The number of rotatable bonds is 7. The number of likely N-dealkylation sites (tertiary alicyclic amines) is 1. The first kappa shape index (κ1) is 22.6. The minimum Gasteiger partial charge on any atom is -0.496 e. The molecule has 1 unspecified atom stereocenters. The molecule has 0 bridgehead atoms. The van der Waals surface area contributed by atoms with E-state index in [1.165, 1.54) is 30.7 Å². The van der Waals surface area contributed by atoms with Crippen LogP contribution in [0, 0.1) is 5.92 Å². The van der Waals surface area contributed by atoms with Gasteiger partial charge in [-0.3, -0.25) is 4.90 Å². The molecular formula is C25H30N4O5S. The minimum absolute atomic E-state index is 0.500. The Balaban J connectivity index is 1.21. The lowest BCUT2D eigenvalue weighted by molar-refractivity contribution is 0.0127. The van der Waals surface area contributed by atoms with E-state index >= 15 is 0 Å². The van der Waals surface area contributed by atoms with E-state index in [0.29, 0.717) is 46.5 Å². The van der Waals surface area contributed by atoms with E-state index in [4.69, 9.17) is 23.4 Å². The van der Waals surface area contributed by atoms with Gasteiger partial charge in [0.05, 0.1) is 32.4 Å². The molecule has 2 aliphatic heterocycles. The molecule has 2 fully saturated rings. The molecule has 5 heterocycles. The van der Waals surface area contributed by atoms with Crippen LogP contribution < -0.4 is 14.2 Å². The molecule has 186 valence electrons. The van der Waals surface area contributed by atoms with Gasteiger partial charge in [-0.2, -0.15) is 0 Å². The van der Waals surface area contributed by atoms with Crippen molar-refractivity contribution in [3.05, 3.63) is 24.4 Å². The van der Waals surface area contributed by atoms with Crippen LogP contribution in [0.4, 0.5) is 0 Å². The zero-order valence-corrected chi connectivity index (χ0v) is 20.9. The third-order valence-electron chi connectivity index (χ3n) is 6.99. The molecule has 0 radical (unpaired) electrons. The van der Waals surface area contributed by atoms with Crippen LogP contribution in [-0.4, -0.2) is 72.7 Å². The van der Waals surface area contributed by atoms with Crippen LogP contribution >= 0.6 is 11.3 Å². The van der Waals surface area contributed by atoms with E-state index in [9.17, 15) is 0 Å². The molecule has 0 spiro atoms. The van der Waals surface area contributed by atoms with Crippen LogP contribution in [0.2, 0.25) is 0 Å². The summed E-state index contributed by atoms with van der Waals surface area (Å²) >= 11 is 1.38. The largest absolute Gasteiger partial charge is 0.496 e. The van der Waals surface area contributed by atoms with Gasteiger partial charge < -0.3 is 23.4 Å². The van der Waals surface area contributed by atoms with Crippen molar-refractivity contribution < 1.29 is 23.4 Å². The number of aromatic nitrogens is 3. The van der Waals surface area contributed by atoms with Gasteiger partial charge in [-0.15, -0.1) is 5.10 Å². The maximum atomic E-state index is 6.42. The monoisotopic (exact) mass is 498 g/mol. The predicted octanol–water partition coefficient (Wildman–Crippen LogP) is 4.49. The molecule has 2 aliphatic rings. The number of piperidine rings is 1. The molecule has 10 heteroatoms. The van der Waals surface area contributed by atoms with Crippen molar-refractivity contribution in [2.75, 3.05) is 47.1 Å². The van der Waals surface area contributed by atoms with Gasteiger partial charge in [0.15, 0.2) is 5.76 Å². The number of furan rings is 1. The number of hydrogen-bond donors (Lipinski definition) is 0. The lowest BCUT2D eigenvalue weighted by Crippen LogP contribution is -2.46. The Labute approximate surface area is 207 Å². The molecule has 3 aromatic heterocycles.